The smallest absolute Gasteiger partial charge is 0.123 e. The van der Waals surface area contributed by atoms with Gasteiger partial charge in [0.15, 0.2) is 0 Å². The predicted molar refractivity (Wildman–Crippen MR) is 110 cm³/mol. The summed E-state index contributed by atoms with van der Waals surface area (Å²) in [5.74, 6) is 0.537. The minimum Gasteiger partial charge on any atom is -0.491 e. The maximum Gasteiger partial charge on any atom is 0.123 e. The third kappa shape index (κ3) is 14.8. The molecular formula is C19H33ClN2O8. The molecule has 0 amide bonds. The summed E-state index contributed by atoms with van der Waals surface area (Å²) >= 11 is 5.30. The number of pyridine rings is 1. The summed E-state index contributed by atoms with van der Waals surface area (Å²) in [5, 5.41) is 18.3. The Hall–Kier alpha value is -1.08. The van der Waals surface area contributed by atoms with Crippen molar-refractivity contribution in [1.82, 2.24) is 9.82 Å². The van der Waals surface area contributed by atoms with Crippen LogP contribution in [0.5, 0.6) is 5.75 Å². The van der Waals surface area contributed by atoms with Crippen LogP contribution in [0.1, 0.15) is 11.4 Å². The summed E-state index contributed by atoms with van der Waals surface area (Å²) in [5.41, 5.74) is 0.897. The molecule has 1 heterocycles. The van der Waals surface area contributed by atoms with Gasteiger partial charge in [0, 0.05) is 18.7 Å². The van der Waals surface area contributed by atoms with E-state index in [2.05, 4.69) is 9.82 Å². The van der Waals surface area contributed by atoms with Crippen LogP contribution in [-0.2, 0) is 36.9 Å². The molecule has 0 radical (unpaired) electrons. The zero-order chi connectivity index (χ0) is 21.7. The van der Waals surface area contributed by atoms with E-state index < -0.39 is 0 Å². The van der Waals surface area contributed by atoms with Crippen molar-refractivity contribution in [3.8, 4) is 5.75 Å². The number of hydrogen-bond acceptors (Lipinski definition) is 10. The molecular weight excluding hydrogens is 420 g/mol. The molecule has 174 valence electrons. The fraction of sp³-hybridized carbons (Fsp3) is 0.737. The Morgan fingerprint density at radius 3 is 1.47 bits per heavy atom. The van der Waals surface area contributed by atoms with Crippen LogP contribution in [0, 0.1) is 0 Å². The Bertz CT molecular complexity index is 505. The molecule has 0 spiro atoms. The number of aliphatic hydroxyl groups is 2. The summed E-state index contributed by atoms with van der Waals surface area (Å²) in [6.07, 6.45) is 0. The van der Waals surface area contributed by atoms with Crippen LogP contribution in [0.4, 0.5) is 0 Å². The minimum atomic E-state index is -0.211. The number of nitrogens with one attached hydrogen (secondary N) is 1. The molecule has 10 nitrogen and oxygen atoms in total. The van der Waals surface area contributed by atoms with Crippen LogP contribution < -0.4 is 9.57 Å². The maximum absolute atomic E-state index is 9.15. The van der Waals surface area contributed by atoms with Gasteiger partial charge in [0.25, 0.3) is 0 Å². The molecule has 1 rings (SSSR count). The van der Waals surface area contributed by atoms with E-state index in [1.807, 2.05) is 0 Å². The standard InChI is InChI=1S/C19H33ClN2O8/c20-21-1-2-25-3-4-26-5-6-27-7-8-28-9-10-29-11-12-30-19-13-17(15-23)22-18(14-19)16-24/h13-14,21,23-24H,1-12,15-16H2. The first kappa shape index (κ1) is 27.0. The molecule has 3 N–H and O–H groups in total. The Balaban J connectivity index is 1.84. The zero-order valence-corrected chi connectivity index (χ0v) is 18.0. The monoisotopic (exact) mass is 452 g/mol. The van der Waals surface area contributed by atoms with E-state index in [4.69, 9.17) is 50.4 Å². The van der Waals surface area contributed by atoms with Gasteiger partial charge in [-0.3, -0.25) is 4.98 Å². The van der Waals surface area contributed by atoms with Gasteiger partial charge >= 0.3 is 0 Å². The Morgan fingerprint density at radius 1 is 0.667 bits per heavy atom. The number of halogens is 1. The van der Waals surface area contributed by atoms with Crippen LogP contribution in [0.2, 0.25) is 0 Å². The van der Waals surface area contributed by atoms with Crippen LogP contribution in [0.3, 0.4) is 0 Å². The average Bonchev–Trinajstić information content (AvgIpc) is 2.78. The van der Waals surface area contributed by atoms with Gasteiger partial charge in [-0.15, -0.1) is 0 Å². The highest BCUT2D eigenvalue weighted by Gasteiger charge is 2.03. The van der Waals surface area contributed by atoms with E-state index in [0.717, 1.165) is 0 Å². The highest BCUT2D eigenvalue weighted by molar-refractivity contribution is 6.13. The van der Waals surface area contributed by atoms with Gasteiger partial charge < -0.3 is 38.6 Å². The summed E-state index contributed by atoms with van der Waals surface area (Å²) in [4.78, 5) is 6.52. The summed E-state index contributed by atoms with van der Waals surface area (Å²) in [6.45, 7) is 5.44. The first-order chi connectivity index (χ1) is 14.8. The van der Waals surface area contributed by atoms with Crippen molar-refractivity contribution in [2.45, 2.75) is 13.2 Å². The number of aliphatic hydroxyl groups excluding tert-OH is 2. The maximum atomic E-state index is 9.15. The fourth-order valence-corrected chi connectivity index (χ4v) is 2.25. The molecule has 1 aromatic heterocycles. The van der Waals surface area contributed by atoms with Gasteiger partial charge in [-0.1, -0.05) is 0 Å². The number of rotatable bonds is 21. The van der Waals surface area contributed by atoms with Gasteiger partial charge in [-0.2, -0.15) is 0 Å². The quantitative estimate of drug-likeness (QED) is 0.177. The van der Waals surface area contributed by atoms with E-state index in [9.17, 15) is 0 Å². The lowest BCUT2D eigenvalue weighted by molar-refractivity contribution is -0.0123. The van der Waals surface area contributed by atoms with E-state index in [1.54, 1.807) is 12.1 Å². The van der Waals surface area contributed by atoms with Crippen molar-refractivity contribution < 1.29 is 38.6 Å². The van der Waals surface area contributed by atoms with E-state index in [0.29, 0.717) is 96.4 Å². The molecule has 11 heteroatoms. The second-order valence-corrected chi connectivity index (χ2v) is 6.16. The molecule has 0 saturated heterocycles. The van der Waals surface area contributed by atoms with E-state index in [1.165, 1.54) is 0 Å². The molecule has 30 heavy (non-hydrogen) atoms. The average molecular weight is 453 g/mol. The summed E-state index contributed by atoms with van der Waals surface area (Å²) in [6, 6.07) is 3.25. The lowest BCUT2D eigenvalue weighted by Gasteiger charge is -2.10. The molecule has 0 saturated carbocycles. The van der Waals surface area contributed by atoms with Crippen molar-refractivity contribution in [2.24, 2.45) is 0 Å². The molecule has 0 fully saturated rings. The lowest BCUT2D eigenvalue weighted by Crippen LogP contribution is -2.15. The second kappa shape index (κ2) is 19.9. The number of aromatic nitrogens is 1. The van der Waals surface area contributed by atoms with Crippen LogP contribution in [-0.4, -0.2) is 94.4 Å². The number of hydrogen-bond donors (Lipinski definition) is 3. The van der Waals surface area contributed by atoms with Crippen LogP contribution >= 0.6 is 11.8 Å². The summed E-state index contributed by atoms with van der Waals surface area (Å²) < 4.78 is 32.4. The minimum absolute atomic E-state index is 0.211. The molecule has 0 aliphatic heterocycles. The van der Waals surface area contributed by atoms with Crippen molar-refractivity contribution >= 4 is 11.8 Å². The van der Waals surface area contributed by atoms with Crippen molar-refractivity contribution in [3.63, 3.8) is 0 Å². The van der Waals surface area contributed by atoms with Crippen molar-refractivity contribution in [2.75, 3.05) is 79.2 Å². The van der Waals surface area contributed by atoms with E-state index in [-0.39, 0.29) is 13.2 Å². The van der Waals surface area contributed by atoms with Gasteiger partial charge in [-0.05, 0) is 11.8 Å². The van der Waals surface area contributed by atoms with E-state index >= 15 is 0 Å². The Kier molecular flexibility index (Phi) is 17.8. The molecule has 0 aromatic carbocycles. The van der Waals surface area contributed by atoms with Gasteiger partial charge in [0.2, 0.25) is 0 Å². The molecule has 0 aliphatic rings. The molecule has 0 atom stereocenters. The highest BCUT2D eigenvalue weighted by atomic mass is 35.5. The molecule has 0 aliphatic carbocycles. The van der Waals surface area contributed by atoms with Crippen LogP contribution in [0.15, 0.2) is 12.1 Å². The second-order valence-electron chi connectivity index (χ2n) is 5.90. The van der Waals surface area contributed by atoms with Gasteiger partial charge in [0.1, 0.15) is 12.4 Å². The third-order valence-electron chi connectivity index (χ3n) is 3.55. The van der Waals surface area contributed by atoms with Crippen molar-refractivity contribution in [3.05, 3.63) is 23.5 Å². The first-order valence-corrected chi connectivity index (χ1v) is 10.2. The van der Waals surface area contributed by atoms with Crippen molar-refractivity contribution in [1.29, 1.82) is 0 Å². The molecule has 0 bridgehead atoms. The largest absolute Gasteiger partial charge is 0.491 e. The SMILES string of the molecule is OCc1cc(OCCOCCOCCOCCOCCOCCNCl)cc(CO)n1. The molecule has 0 unspecified atom stereocenters. The normalized spacial score (nSPS) is 11.2. The lowest BCUT2D eigenvalue weighted by atomic mass is 10.3. The number of ether oxygens (including phenoxy) is 6. The molecule has 1 aromatic rings. The van der Waals surface area contributed by atoms with Gasteiger partial charge in [0.05, 0.1) is 90.7 Å². The Morgan fingerprint density at radius 2 is 1.07 bits per heavy atom. The van der Waals surface area contributed by atoms with Gasteiger partial charge in [-0.25, -0.2) is 4.84 Å². The highest BCUT2D eigenvalue weighted by Crippen LogP contribution is 2.14. The topological polar surface area (TPSA) is 121 Å². The summed E-state index contributed by atoms with van der Waals surface area (Å²) in [7, 11) is 0. The zero-order valence-electron chi connectivity index (χ0n) is 17.2. The predicted octanol–water partition coefficient (Wildman–Crippen LogP) is 0.271. The van der Waals surface area contributed by atoms with Crippen LogP contribution in [0.25, 0.3) is 0 Å². The third-order valence-corrected chi connectivity index (χ3v) is 3.74. The Labute approximate surface area is 182 Å². The first-order valence-electron chi connectivity index (χ1n) is 9.86. The number of nitrogens with zero attached hydrogens (tertiary/aromatic N) is 1. The fourth-order valence-electron chi connectivity index (χ4n) is 2.18.